The average Bonchev–Trinajstić information content (AvgIpc) is 2.90. The molecule has 2 atom stereocenters. The number of hydrogen-bond acceptors (Lipinski definition) is 5. The Morgan fingerprint density at radius 3 is 2.29 bits per heavy atom. The highest BCUT2D eigenvalue weighted by Gasteiger charge is 2.36. The summed E-state index contributed by atoms with van der Waals surface area (Å²) in [6.45, 7) is 0.361. The molecule has 0 heterocycles. The molecule has 35 heavy (non-hydrogen) atoms. The van der Waals surface area contributed by atoms with Gasteiger partial charge in [-0.2, -0.15) is 5.26 Å². The number of nitrogens with zero attached hydrogens (tertiary/aromatic N) is 2. The lowest BCUT2D eigenvalue weighted by Crippen LogP contribution is -2.52. The second-order valence-corrected chi connectivity index (χ2v) is 9.15. The van der Waals surface area contributed by atoms with Gasteiger partial charge in [-0.15, -0.1) is 0 Å². The molecule has 0 saturated heterocycles. The fourth-order valence-electron chi connectivity index (χ4n) is 4.66. The molecule has 0 bridgehead atoms. The Morgan fingerprint density at radius 2 is 1.69 bits per heavy atom. The monoisotopic (exact) mass is 475 g/mol. The van der Waals surface area contributed by atoms with Gasteiger partial charge in [0.15, 0.2) is 0 Å². The molecule has 0 radical (unpaired) electrons. The lowest BCUT2D eigenvalue weighted by Gasteiger charge is -2.31. The van der Waals surface area contributed by atoms with Crippen LogP contribution in [0.1, 0.15) is 48.8 Å². The lowest BCUT2D eigenvalue weighted by molar-refractivity contribution is -0.150. The van der Waals surface area contributed by atoms with E-state index in [0.717, 1.165) is 43.2 Å². The number of methoxy groups -OCH3 is 1. The number of ether oxygens (including phenoxy) is 1. The third-order valence-corrected chi connectivity index (χ3v) is 6.65. The standard InChI is InChI=1S/C28H33N3O4/c1-31(19-22-9-5-3-6-10-22)27(33)24(17-20-13-15-21(18-29)16-14-20)26(32)30-25(28(34)35-2)23-11-7-4-8-12-23/h3,5-6,9-10,13-16,23-25H,4,7-8,11-12,17,19H2,1-2H3,(H,30,32)/t24-,25+/m1/s1. The maximum atomic E-state index is 13.5. The number of benzene rings is 2. The summed E-state index contributed by atoms with van der Waals surface area (Å²) in [5.74, 6) is -2.32. The fraction of sp³-hybridized carbons (Fsp3) is 0.429. The van der Waals surface area contributed by atoms with Gasteiger partial charge in [0.2, 0.25) is 11.8 Å². The number of amides is 2. The fourth-order valence-corrected chi connectivity index (χ4v) is 4.66. The van der Waals surface area contributed by atoms with Crippen LogP contribution in [0.5, 0.6) is 0 Å². The molecule has 2 aromatic rings. The molecule has 0 aromatic heterocycles. The second-order valence-electron chi connectivity index (χ2n) is 9.15. The molecule has 7 heteroatoms. The van der Waals surface area contributed by atoms with Gasteiger partial charge in [-0.25, -0.2) is 4.79 Å². The number of nitriles is 1. The van der Waals surface area contributed by atoms with Crippen LogP contribution in [0.25, 0.3) is 0 Å². The summed E-state index contributed by atoms with van der Waals surface area (Å²) in [4.78, 5) is 41.2. The summed E-state index contributed by atoms with van der Waals surface area (Å²) < 4.78 is 5.00. The zero-order valence-electron chi connectivity index (χ0n) is 20.4. The number of nitrogens with one attached hydrogen (secondary N) is 1. The van der Waals surface area contributed by atoms with Crippen molar-refractivity contribution in [2.45, 2.75) is 51.1 Å². The Hall–Kier alpha value is -3.66. The predicted molar refractivity (Wildman–Crippen MR) is 132 cm³/mol. The Kier molecular flexibility index (Phi) is 9.42. The van der Waals surface area contributed by atoms with Gasteiger partial charge in [0.25, 0.3) is 0 Å². The van der Waals surface area contributed by atoms with Crippen LogP contribution in [-0.4, -0.2) is 42.9 Å². The predicted octanol–water partition coefficient (Wildman–Crippen LogP) is 3.61. The van der Waals surface area contributed by atoms with Crippen molar-refractivity contribution in [2.75, 3.05) is 14.2 Å². The van der Waals surface area contributed by atoms with E-state index in [2.05, 4.69) is 11.4 Å². The minimum Gasteiger partial charge on any atom is -0.467 e. The van der Waals surface area contributed by atoms with E-state index in [4.69, 9.17) is 10.00 Å². The van der Waals surface area contributed by atoms with E-state index in [1.54, 1.807) is 31.3 Å². The number of rotatable bonds is 9. The van der Waals surface area contributed by atoms with E-state index in [1.165, 1.54) is 12.0 Å². The van der Waals surface area contributed by atoms with E-state index >= 15 is 0 Å². The maximum absolute atomic E-state index is 13.5. The van der Waals surface area contributed by atoms with Gasteiger partial charge >= 0.3 is 5.97 Å². The van der Waals surface area contributed by atoms with Crippen molar-refractivity contribution >= 4 is 17.8 Å². The van der Waals surface area contributed by atoms with Gasteiger partial charge in [-0.3, -0.25) is 9.59 Å². The van der Waals surface area contributed by atoms with Gasteiger partial charge < -0.3 is 15.0 Å². The van der Waals surface area contributed by atoms with Crippen molar-refractivity contribution in [3.8, 4) is 6.07 Å². The summed E-state index contributed by atoms with van der Waals surface area (Å²) in [6.07, 6.45) is 4.95. The van der Waals surface area contributed by atoms with E-state index in [-0.39, 0.29) is 18.2 Å². The maximum Gasteiger partial charge on any atom is 0.328 e. The third-order valence-electron chi connectivity index (χ3n) is 6.65. The van der Waals surface area contributed by atoms with Crippen LogP contribution in [0, 0.1) is 23.2 Å². The number of carbonyl (C=O) groups is 3. The second kappa shape index (κ2) is 12.7. The molecule has 1 saturated carbocycles. The summed E-state index contributed by atoms with van der Waals surface area (Å²) in [6, 6.07) is 17.7. The molecular weight excluding hydrogens is 442 g/mol. The van der Waals surface area contributed by atoms with Gasteiger partial charge in [0, 0.05) is 13.6 Å². The first kappa shape index (κ1) is 26.0. The molecule has 184 valence electrons. The van der Waals surface area contributed by atoms with Crippen LogP contribution in [-0.2, 0) is 32.1 Å². The summed E-state index contributed by atoms with van der Waals surface area (Å²) in [5, 5.41) is 11.9. The number of carbonyl (C=O) groups excluding carboxylic acids is 3. The molecule has 0 unspecified atom stereocenters. The molecule has 1 N–H and O–H groups in total. The van der Waals surface area contributed by atoms with Crippen molar-refractivity contribution in [3.63, 3.8) is 0 Å². The molecule has 1 aliphatic carbocycles. The van der Waals surface area contributed by atoms with Gasteiger partial charge in [-0.1, -0.05) is 61.7 Å². The zero-order valence-corrected chi connectivity index (χ0v) is 20.4. The highest BCUT2D eigenvalue weighted by atomic mass is 16.5. The molecule has 0 spiro atoms. The molecule has 0 aliphatic heterocycles. The normalized spacial score (nSPS) is 15.3. The van der Waals surface area contributed by atoms with E-state index in [0.29, 0.717) is 12.1 Å². The van der Waals surface area contributed by atoms with Crippen molar-refractivity contribution in [3.05, 3.63) is 71.3 Å². The Morgan fingerprint density at radius 1 is 1.03 bits per heavy atom. The van der Waals surface area contributed by atoms with Crippen molar-refractivity contribution in [1.29, 1.82) is 5.26 Å². The molecule has 2 amide bonds. The van der Waals surface area contributed by atoms with Crippen LogP contribution in [0.3, 0.4) is 0 Å². The van der Waals surface area contributed by atoms with Gasteiger partial charge in [0.05, 0.1) is 18.7 Å². The van der Waals surface area contributed by atoms with Crippen LogP contribution in [0.2, 0.25) is 0 Å². The average molecular weight is 476 g/mol. The van der Waals surface area contributed by atoms with Gasteiger partial charge in [-0.05, 0) is 48.4 Å². The highest BCUT2D eigenvalue weighted by Crippen LogP contribution is 2.27. The number of esters is 1. The Labute approximate surface area is 207 Å². The first-order valence-electron chi connectivity index (χ1n) is 12.1. The number of hydrogen-bond donors (Lipinski definition) is 1. The van der Waals surface area contributed by atoms with E-state index in [9.17, 15) is 14.4 Å². The summed E-state index contributed by atoms with van der Waals surface area (Å²) in [7, 11) is 2.99. The first-order chi connectivity index (χ1) is 16.9. The largest absolute Gasteiger partial charge is 0.467 e. The zero-order chi connectivity index (χ0) is 25.2. The molecule has 2 aromatic carbocycles. The smallest absolute Gasteiger partial charge is 0.328 e. The molecule has 1 aliphatic rings. The van der Waals surface area contributed by atoms with Crippen LogP contribution >= 0.6 is 0 Å². The van der Waals surface area contributed by atoms with Gasteiger partial charge in [0.1, 0.15) is 12.0 Å². The minimum absolute atomic E-state index is 0.00661. The van der Waals surface area contributed by atoms with Crippen molar-refractivity contribution in [1.82, 2.24) is 10.2 Å². The summed E-state index contributed by atoms with van der Waals surface area (Å²) in [5.41, 5.74) is 2.22. The minimum atomic E-state index is -1.02. The van der Waals surface area contributed by atoms with E-state index < -0.39 is 23.8 Å². The quantitative estimate of drug-likeness (QED) is 0.441. The lowest BCUT2D eigenvalue weighted by atomic mass is 9.83. The Balaban J connectivity index is 1.83. The molecule has 7 nitrogen and oxygen atoms in total. The summed E-state index contributed by atoms with van der Waals surface area (Å²) >= 11 is 0. The third kappa shape index (κ3) is 7.16. The van der Waals surface area contributed by atoms with Crippen molar-refractivity contribution in [2.24, 2.45) is 11.8 Å². The molecular formula is C28H33N3O4. The molecule has 3 rings (SSSR count). The SMILES string of the molecule is COC(=O)[C@@H](NC(=O)[C@@H](Cc1ccc(C#N)cc1)C(=O)N(C)Cc1ccccc1)C1CCCCC1. The van der Waals surface area contributed by atoms with Crippen LogP contribution in [0.15, 0.2) is 54.6 Å². The van der Waals surface area contributed by atoms with Crippen molar-refractivity contribution < 1.29 is 19.1 Å². The topological polar surface area (TPSA) is 99.5 Å². The Bertz CT molecular complexity index is 1040. The van der Waals surface area contributed by atoms with Crippen LogP contribution in [0.4, 0.5) is 0 Å². The van der Waals surface area contributed by atoms with Crippen LogP contribution < -0.4 is 5.32 Å². The molecule has 1 fully saturated rings. The van der Waals surface area contributed by atoms with E-state index in [1.807, 2.05) is 30.3 Å². The first-order valence-corrected chi connectivity index (χ1v) is 12.1. The highest BCUT2D eigenvalue weighted by molar-refractivity contribution is 6.01.